The Kier molecular flexibility index (Phi) is 3.64. The summed E-state index contributed by atoms with van der Waals surface area (Å²) in [6, 6.07) is -0.226. The molecule has 18 heavy (non-hydrogen) atoms. The lowest BCUT2D eigenvalue weighted by molar-refractivity contribution is -0.123. The van der Waals surface area contributed by atoms with Crippen molar-refractivity contribution in [3.8, 4) is 0 Å². The molecule has 1 unspecified atom stereocenters. The fourth-order valence-electron chi connectivity index (χ4n) is 1.96. The minimum atomic E-state index is -0.226. The summed E-state index contributed by atoms with van der Waals surface area (Å²) < 4.78 is 0. The molecule has 4 N–H and O–H groups in total. The molecule has 0 aliphatic carbocycles. The topological polar surface area (TPSA) is 92.9 Å². The summed E-state index contributed by atoms with van der Waals surface area (Å²) in [4.78, 5) is 20.3. The van der Waals surface area contributed by atoms with Crippen molar-refractivity contribution in [1.82, 2.24) is 15.3 Å². The summed E-state index contributed by atoms with van der Waals surface area (Å²) in [5.41, 5.74) is 6.64. The van der Waals surface area contributed by atoms with Crippen molar-refractivity contribution in [2.75, 3.05) is 17.6 Å². The minimum Gasteiger partial charge on any atom is -0.383 e. The lowest BCUT2D eigenvalue weighted by Crippen LogP contribution is -2.44. The summed E-state index contributed by atoms with van der Waals surface area (Å²) in [5.74, 6) is 1.86. The Labute approximate surface area is 106 Å². The molecule has 1 amide bonds. The van der Waals surface area contributed by atoms with Gasteiger partial charge < -0.3 is 16.4 Å². The number of carbonyl (C=O) groups excluding carboxylic acids is 1. The average molecular weight is 249 g/mol. The van der Waals surface area contributed by atoms with Crippen LogP contribution < -0.4 is 16.4 Å². The molecule has 6 nitrogen and oxygen atoms in total. The van der Waals surface area contributed by atoms with E-state index in [0.717, 1.165) is 31.4 Å². The van der Waals surface area contributed by atoms with Gasteiger partial charge in [-0.1, -0.05) is 6.92 Å². The number of anilines is 2. The second kappa shape index (κ2) is 5.20. The van der Waals surface area contributed by atoms with Crippen LogP contribution in [0.1, 0.15) is 31.2 Å². The van der Waals surface area contributed by atoms with Gasteiger partial charge in [0.15, 0.2) is 0 Å². The summed E-state index contributed by atoms with van der Waals surface area (Å²) in [6.07, 6.45) is 2.51. The summed E-state index contributed by atoms with van der Waals surface area (Å²) in [6.45, 7) is 4.58. The highest BCUT2D eigenvalue weighted by atomic mass is 16.2. The van der Waals surface area contributed by atoms with Gasteiger partial charge in [0.1, 0.15) is 23.5 Å². The highest BCUT2D eigenvalue weighted by Crippen LogP contribution is 2.20. The predicted molar refractivity (Wildman–Crippen MR) is 70.2 cm³/mol. The summed E-state index contributed by atoms with van der Waals surface area (Å²) in [5, 5.41) is 6.01. The number of piperidine rings is 1. The molecule has 1 aliphatic heterocycles. The van der Waals surface area contributed by atoms with Crippen LogP contribution in [0.4, 0.5) is 11.6 Å². The molecule has 1 aromatic rings. The smallest absolute Gasteiger partial charge is 0.242 e. The molecular formula is C12H19N5O. The number of nitrogens with one attached hydrogen (secondary N) is 2. The van der Waals surface area contributed by atoms with Gasteiger partial charge >= 0.3 is 0 Å². The van der Waals surface area contributed by atoms with E-state index in [1.54, 1.807) is 0 Å². The van der Waals surface area contributed by atoms with Gasteiger partial charge in [-0.05, 0) is 19.8 Å². The van der Waals surface area contributed by atoms with Gasteiger partial charge in [-0.3, -0.25) is 4.79 Å². The Hall–Kier alpha value is -1.85. The third-order valence-corrected chi connectivity index (χ3v) is 3.14. The summed E-state index contributed by atoms with van der Waals surface area (Å²) >= 11 is 0. The van der Waals surface area contributed by atoms with Crippen LogP contribution in [0.3, 0.4) is 0 Å². The third kappa shape index (κ3) is 2.52. The number of amides is 1. The van der Waals surface area contributed by atoms with Crippen LogP contribution in [0, 0.1) is 6.92 Å². The Balaban J connectivity index is 2.22. The number of nitrogen functional groups attached to an aromatic ring is 1. The fourth-order valence-corrected chi connectivity index (χ4v) is 1.96. The molecule has 0 bridgehead atoms. The van der Waals surface area contributed by atoms with Crippen LogP contribution in [0.15, 0.2) is 0 Å². The quantitative estimate of drug-likeness (QED) is 0.730. The SMILES string of the molecule is CCc1nc(N)c(C)c(NC2CCCNC2=O)n1. The normalized spacial score (nSPS) is 19.4. The maximum Gasteiger partial charge on any atom is 0.242 e. The van der Waals surface area contributed by atoms with Gasteiger partial charge in [-0.15, -0.1) is 0 Å². The van der Waals surface area contributed by atoms with E-state index in [2.05, 4.69) is 20.6 Å². The van der Waals surface area contributed by atoms with E-state index in [-0.39, 0.29) is 11.9 Å². The molecule has 2 rings (SSSR count). The maximum atomic E-state index is 11.7. The molecular weight excluding hydrogens is 230 g/mol. The Morgan fingerprint density at radius 1 is 1.50 bits per heavy atom. The number of hydrogen-bond acceptors (Lipinski definition) is 5. The van der Waals surface area contributed by atoms with Crippen LogP contribution in [-0.2, 0) is 11.2 Å². The van der Waals surface area contributed by atoms with Crippen molar-refractivity contribution >= 4 is 17.5 Å². The van der Waals surface area contributed by atoms with Crippen molar-refractivity contribution < 1.29 is 4.79 Å². The first-order valence-corrected chi connectivity index (χ1v) is 6.29. The second-order valence-electron chi connectivity index (χ2n) is 4.48. The average Bonchev–Trinajstić information content (AvgIpc) is 2.37. The molecule has 1 fully saturated rings. The Morgan fingerprint density at radius 2 is 2.28 bits per heavy atom. The van der Waals surface area contributed by atoms with Gasteiger partial charge in [-0.2, -0.15) is 0 Å². The van der Waals surface area contributed by atoms with Crippen LogP contribution in [0.2, 0.25) is 0 Å². The van der Waals surface area contributed by atoms with E-state index < -0.39 is 0 Å². The zero-order valence-corrected chi connectivity index (χ0v) is 10.8. The number of aryl methyl sites for hydroxylation is 1. The molecule has 2 heterocycles. The summed E-state index contributed by atoms with van der Waals surface area (Å²) in [7, 11) is 0. The van der Waals surface area contributed by atoms with Crippen molar-refractivity contribution in [1.29, 1.82) is 0 Å². The highest BCUT2D eigenvalue weighted by Gasteiger charge is 2.23. The van der Waals surface area contributed by atoms with Gasteiger partial charge in [0, 0.05) is 18.5 Å². The standard InChI is InChI=1S/C12H19N5O/c1-3-9-16-10(13)7(2)11(17-9)15-8-5-4-6-14-12(8)18/h8H,3-6H2,1-2H3,(H,14,18)(H3,13,15,16,17). The minimum absolute atomic E-state index is 0.0240. The van der Waals surface area contributed by atoms with Crippen molar-refractivity contribution in [3.63, 3.8) is 0 Å². The van der Waals surface area contributed by atoms with E-state index in [0.29, 0.717) is 17.5 Å². The van der Waals surface area contributed by atoms with Crippen LogP contribution in [0.5, 0.6) is 0 Å². The number of hydrogen-bond donors (Lipinski definition) is 3. The number of nitrogens with two attached hydrogens (primary N) is 1. The monoisotopic (exact) mass is 249 g/mol. The molecule has 1 aromatic heterocycles. The molecule has 0 aromatic carbocycles. The van der Waals surface area contributed by atoms with E-state index in [1.807, 2.05) is 13.8 Å². The molecule has 0 radical (unpaired) electrons. The molecule has 1 aliphatic rings. The lowest BCUT2D eigenvalue weighted by atomic mass is 10.1. The Morgan fingerprint density at radius 3 is 2.94 bits per heavy atom. The van der Waals surface area contributed by atoms with Crippen LogP contribution in [-0.4, -0.2) is 28.5 Å². The number of rotatable bonds is 3. The molecule has 1 atom stereocenters. The molecule has 6 heteroatoms. The van der Waals surface area contributed by atoms with Crippen molar-refractivity contribution in [3.05, 3.63) is 11.4 Å². The number of aromatic nitrogens is 2. The largest absolute Gasteiger partial charge is 0.383 e. The molecule has 0 spiro atoms. The first kappa shape index (κ1) is 12.6. The van der Waals surface area contributed by atoms with Gasteiger partial charge in [0.05, 0.1) is 0 Å². The number of nitrogens with zero attached hydrogens (tertiary/aromatic N) is 2. The second-order valence-corrected chi connectivity index (χ2v) is 4.48. The first-order chi connectivity index (χ1) is 8.61. The number of carbonyl (C=O) groups is 1. The first-order valence-electron chi connectivity index (χ1n) is 6.29. The predicted octanol–water partition coefficient (Wildman–Crippen LogP) is 0.620. The van der Waals surface area contributed by atoms with E-state index in [9.17, 15) is 4.79 Å². The Bertz CT molecular complexity index is 460. The van der Waals surface area contributed by atoms with Gasteiger partial charge in [-0.25, -0.2) is 9.97 Å². The van der Waals surface area contributed by atoms with Crippen molar-refractivity contribution in [2.24, 2.45) is 0 Å². The van der Waals surface area contributed by atoms with E-state index in [4.69, 9.17) is 5.73 Å². The highest BCUT2D eigenvalue weighted by molar-refractivity contribution is 5.85. The van der Waals surface area contributed by atoms with Crippen LogP contribution in [0.25, 0.3) is 0 Å². The molecule has 98 valence electrons. The van der Waals surface area contributed by atoms with E-state index >= 15 is 0 Å². The lowest BCUT2D eigenvalue weighted by Gasteiger charge is -2.24. The third-order valence-electron chi connectivity index (χ3n) is 3.14. The maximum absolute atomic E-state index is 11.7. The van der Waals surface area contributed by atoms with Crippen molar-refractivity contribution in [2.45, 2.75) is 39.2 Å². The van der Waals surface area contributed by atoms with Gasteiger partial charge in [0.25, 0.3) is 0 Å². The molecule has 0 saturated carbocycles. The zero-order valence-electron chi connectivity index (χ0n) is 10.8. The van der Waals surface area contributed by atoms with Crippen LogP contribution >= 0.6 is 0 Å². The van der Waals surface area contributed by atoms with Gasteiger partial charge in [0.2, 0.25) is 5.91 Å². The zero-order chi connectivity index (χ0) is 13.1. The molecule has 1 saturated heterocycles. The fraction of sp³-hybridized carbons (Fsp3) is 0.583. The van der Waals surface area contributed by atoms with E-state index in [1.165, 1.54) is 0 Å².